The molecule has 4 heteroatoms. The molecule has 2 aromatic carbocycles. The van der Waals surface area contributed by atoms with E-state index in [2.05, 4.69) is 6.92 Å². The minimum absolute atomic E-state index is 0.0336. The fourth-order valence-electron chi connectivity index (χ4n) is 5.71. The third-order valence-electron chi connectivity index (χ3n) is 7.55. The van der Waals surface area contributed by atoms with Crippen molar-refractivity contribution in [1.82, 2.24) is 0 Å². The molecule has 0 bridgehead atoms. The predicted octanol–water partition coefficient (Wildman–Crippen LogP) is 8.37. The first kappa shape index (κ1) is 22.4. The standard InChI is InChI=1S/C27H32F4/c1-2-3-4-5-17-6-8-18(9-7-17)21-15-24(29)26(25(30)16-21)20-11-10-19-12-13-23(28)27(31)22(19)14-20/h12-13,15-18,20H,2-11,14H2,1H3. The highest BCUT2D eigenvalue weighted by molar-refractivity contribution is 5.38. The molecule has 0 N–H and O–H groups in total. The summed E-state index contributed by atoms with van der Waals surface area (Å²) in [7, 11) is 0. The van der Waals surface area contributed by atoms with E-state index in [9.17, 15) is 8.78 Å². The van der Waals surface area contributed by atoms with Crippen LogP contribution in [0.2, 0.25) is 0 Å². The van der Waals surface area contributed by atoms with Crippen LogP contribution in [-0.2, 0) is 12.8 Å². The van der Waals surface area contributed by atoms with E-state index in [4.69, 9.17) is 0 Å². The van der Waals surface area contributed by atoms with Gasteiger partial charge in [-0.2, -0.15) is 0 Å². The van der Waals surface area contributed by atoms with Crippen molar-refractivity contribution in [3.8, 4) is 0 Å². The van der Waals surface area contributed by atoms with Gasteiger partial charge in [0.15, 0.2) is 11.6 Å². The van der Waals surface area contributed by atoms with Crippen LogP contribution in [0.4, 0.5) is 17.6 Å². The van der Waals surface area contributed by atoms with E-state index in [0.717, 1.165) is 48.8 Å². The Labute approximate surface area is 183 Å². The fraction of sp³-hybridized carbons (Fsp3) is 0.556. The van der Waals surface area contributed by atoms with Crippen molar-refractivity contribution in [3.63, 3.8) is 0 Å². The normalized spacial score (nSPS) is 23.6. The maximum atomic E-state index is 15.1. The number of halogens is 4. The van der Waals surface area contributed by atoms with Gasteiger partial charge in [0.05, 0.1) is 0 Å². The van der Waals surface area contributed by atoms with Gasteiger partial charge >= 0.3 is 0 Å². The zero-order valence-corrected chi connectivity index (χ0v) is 18.3. The highest BCUT2D eigenvalue weighted by Gasteiger charge is 2.30. The van der Waals surface area contributed by atoms with Crippen LogP contribution in [0.1, 0.15) is 98.8 Å². The Morgan fingerprint density at radius 2 is 1.52 bits per heavy atom. The second kappa shape index (κ2) is 9.75. The summed E-state index contributed by atoms with van der Waals surface area (Å²) in [6.07, 6.45) is 10.4. The summed E-state index contributed by atoms with van der Waals surface area (Å²) in [5.41, 5.74) is 1.79. The summed E-state index contributed by atoms with van der Waals surface area (Å²) < 4.78 is 58.1. The fourth-order valence-corrected chi connectivity index (χ4v) is 5.71. The zero-order chi connectivity index (χ0) is 22.0. The van der Waals surface area contributed by atoms with E-state index >= 15 is 8.78 Å². The molecule has 0 nitrogen and oxygen atoms in total. The Kier molecular flexibility index (Phi) is 7.03. The molecular formula is C27H32F4. The van der Waals surface area contributed by atoms with Gasteiger partial charge in [-0.3, -0.25) is 0 Å². The van der Waals surface area contributed by atoms with Crippen molar-refractivity contribution in [1.29, 1.82) is 0 Å². The van der Waals surface area contributed by atoms with Crippen LogP contribution in [0.25, 0.3) is 0 Å². The van der Waals surface area contributed by atoms with Gasteiger partial charge in [0.25, 0.3) is 0 Å². The van der Waals surface area contributed by atoms with Crippen molar-refractivity contribution in [2.45, 2.75) is 89.4 Å². The second-order valence-electron chi connectivity index (χ2n) is 9.55. The van der Waals surface area contributed by atoms with Crippen LogP contribution in [-0.4, -0.2) is 0 Å². The van der Waals surface area contributed by atoms with E-state index in [0.29, 0.717) is 12.8 Å². The van der Waals surface area contributed by atoms with Crippen LogP contribution >= 0.6 is 0 Å². The molecule has 0 spiro atoms. The summed E-state index contributed by atoms with van der Waals surface area (Å²) in [5.74, 6) is -2.37. The van der Waals surface area contributed by atoms with Crippen LogP contribution in [0.5, 0.6) is 0 Å². The largest absolute Gasteiger partial charge is 0.207 e. The van der Waals surface area contributed by atoms with E-state index in [1.165, 1.54) is 37.8 Å². The average Bonchev–Trinajstić information content (AvgIpc) is 2.77. The molecule has 1 unspecified atom stereocenters. The number of rotatable bonds is 6. The van der Waals surface area contributed by atoms with Gasteiger partial charge in [0.2, 0.25) is 0 Å². The van der Waals surface area contributed by atoms with Crippen LogP contribution in [0, 0.1) is 29.2 Å². The predicted molar refractivity (Wildman–Crippen MR) is 116 cm³/mol. The Balaban J connectivity index is 1.47. The van der Waals surface area contributed by atoms with Gasteiger partial charge in [0.1, 0.15) is 11.6 Å². The summed E-state index contributed by atoms with van der Waals surface area (Å²) in [6, 6.07) is 5.71. The minimum Gasteiger partial charge on any atom is -0.207 e. The third-order valence-corrected chi connectivity index (χ3v) is 7.55. The number of hydrogen-bond donors (Lipinski definition) is 0. The molecule has 0 heterocycles. The molecule has 1 atom stereocenters. The van der Waals surface area contributed by atoms with E-state index in [-0.39, 0.29) is 23.5 Å². The summed E-state index contributed by atoms with van der Waals surface area (Å²) in [6.45, 7) is 2.21. The highest BCUT2D eigenvalue weighted by atomic mass is 19.2. The van der Waals surface area contributed by atoms with Gasteiger partial charge < -0.3 is 0 Å². The quantitative estimate of drug-likeness (QED) is 0.318. The Morgan fingerprint density at radius 3 is 2.19 bits per heavy atom. The van der Waals surface area contributed by atoms with Crippen molar-refractivity contribution in [3.05, 3.63) is 69.8 Å². The molecular weight excluding hydrogens is 400 g/mol. The summed E-state index contributed by atoms with van der Waals surface area (Å²) in [5, 5.41) is 0. The van der Waals surface area contributed by atoms with Crippen molar-refractivity contribution in [2.75, 3.05) is 0 Å². The first-order chi connectivity index (χ1) is 15.0. The third kappa shape index (κ3) is 4.83. The topological polar surface area (TPSA) is 0 Å². The monoisotopic (exact) mass is 432 g/mol. The molecule has 168 valence electrons. The number of fused-ring (bicyclic) bond motifs is 1. The molecule has 2 aromatic rings. The first-order valence-electron chi connectivity index (χ1n) is 11.9. The average molecular weight is 433 g/mol. The van der Waals surface area contributed by atoms with Gasteiger partial charge in [0, 0.05) is 5.56 Å². The van der Waals surface area contributed by atoms with Crippen LogP contribution in [0.3, 0.4) is 0 Å². The Hall–Kier alpha value is -1.84. The lowest BCUT2D eigenvalue weighted by Crippen LogP contribution is -2.18. The van der Waals surface area contributed by atoms with E-state index in [1.807, 2.05) is 0 Å². The Morgan fingerprint density at radius 1 is 0.806 bits per heavy atom. The molecule has 0 radical (unpaired) electrons. The zero-order valence-electron chi connectivity index (χ0n) is 18.3. The van der Waals surface area contributed by atoms with Crippen molar-refractivity contribution < 1.29 is 17.6 Å². The molecule has 0 amide bonds. The molecule has 0 saturated heterocycles. The summed E-state index contributed by atoms with van der Waals surface area (Å²) in [4.78, 5) is 0. The number of benzene rings is 2. The van der Waals surface area contributed by atoms with Gasteiger partial charge in [-0.25, -0.2) is 17.6 Å². The molecule has 0 aromatic heterocycles. The maximum absolute atomic E-state index is 15.1. The van der Waals surface area contributed by atoms with E-state index in [1.54, 1.807) is 6.07 Å². The van der Waals surface area contributed by atoms with Gasteiger partial charge in [-0.15, -0.1) is 0 Å². The molecule has 31 heavy (non-hydrogen) atoms. The van der Waals surface area contributed by atoms with Crippen molar-refractivity contribution in [2.24, 2.45) is 5.92 Å². The van der Waals surface area contributed by atoms with Gasteiger partial charge in [-0.05, 0) is 97.6 Å². The lowest BCUT2D eigenvalue weighted by atomic mass is 9.75. The first-order valence-corrected chi connectivity index (χ1v) is 11.9. The molecule has 4 rings (SSSR count). The second-order valence-corrected chi connectivity index (χ2v) is 9.55. The molecule has 1 saturated carbocycles. The molecule has 0 aliphatic heterocycles. The molecule has 1 fully saturated rings. The minimum atomic E-state index is -0.902. The van der Waals surface area contributed by atoms with Crippen LogP contribution < -0.4 is 0 Å². The number of aryl methyl sites for hydroxylation is 1. The number of hydrogen-bond acceptors (Lipinski definition) is 0. The van der Waals surface area contributed by atoms with Crippen LogP contribution in [0.15, 0.2) is 24.3 Å². The number of unbranched alkanes of at least 4 members (excludes halogenated alkanes) is 2. The maximum Gasteiger partial charge on any atom is 0.162 e. The van der Waals surface area contributed by atoms with Gasteiger partial charge in [-0.1, -0.05) is 38.7 Å². The summed E-state index contributed by atoms with van der Waals surface area (Å²) >= 11 is 0. The SMILES string of the molecule is CCCCCC1CCC(c2cc(F)c(C3CCc4ccc(F)c(F)c4C3)c(F)c2)CC1. The smallest absolute Gasteiger partial charge is 0.162 e. The lowest BCUT2D eigenvalue weighted by Gasteiger charge is -2.30. The van der Waals surface area contributed by atoms with Crippen molar-refractivity contribution >= 4 is 0 Å². The highest BCUT2D eigenvalue weighted by Crippen LogP contribution is 2.41. The molecule has 2 aliphatic rings. The molecule has 2 aliphatic carbocycles. The lowest BCUT2D eigenvalue weighted by molar-refractivity contribution is 0.302. The van der Waals surface area contributed by atoms with E-state index < -0.39 is 29.2 Å². The Bertz CT molecular complexity index is 889.